The van der Waals surface area contributed by atoms with Gasteiger partial charge in [0.25, 0.3) is 0 Å². The summed E-state index contributed by atoms with van der Waals surface area (Å²) in [5, 5.41) is 21.0. The third-order valence-corrected chi connectivity index (χ3v) is 7.68. The summed E-state index contributed by atoms with van der Waals surface area (Å²) in [6.45, 7) is 3.99. The van der Waals surface area contributed by atoms with E-state index in [1.54, 1.807) is 24.3 Å². The molecule has 1 heterocycles. The van der Waals surface area contributed by atoms with Gasteiger partial charge in [-0.05, 0) is 60.9 Å². The molecular weight excluding hydrogens is 484 g/mol. The number of aliphatic hydroxyl groups excluding tert-OH is 2. The molecule has 1 aromatic carbocycles. The Kier molecular flexibility index (Phi) is 8.75. The van der Waals surface area contributed by atoms with Crippen molar-refractivity contribution in [1.82, 2.24) is 0 Å². The molecule has 1 saturated heterocycles. The molecule has 196 valence electrons. The lowest BCUT2D eigenvalue weighted by Gasteiger charge is -2.43. The number of allylic oxidation sites excluding steroid dienone is 2. The lowest BCUT2D eigenvalue weighted by Crippen LogP contribution is -2.44. The van der Waals surface area contributed by atoms with Crippen molar-refractivity contribution in [2.45, 2.75) is 82.9 Å². The average Bonchev–Trinajstić information content (AvgIpc) is 2.82. The normalized spacial score (nSPS) is 32.6. The van der Waals surface area contributed by atoms with Crippen LogP contribution >= 0.6 is 11.6 Å². The fraction of sp³-hybridized carbons (Fsp3) is 0.571. The van der Waals surface area contributed by atoms with Gasteiger partial charge in [-0.1, -0.05) is 43.7 Å². The topological polar surface area (TPSA) is 102 Å². The van der Waals surface area contributed by atoms with Crippen molar-refractivity contribution in [1.29, 1.82) is 0 Å². The number of hydrogen-bond acceptors (Lipinski definition) is 7. The van der Waals surface area contributed by atoms with Gasteiger partial charge in [0, 0.05) is 23.8 Å². The Balaban J connectivity index is 1.47. The van der Waals surface area contributed by atoms with Gasteiger partial charge in [-0.2, -0.15) is 0 Å². The van der Waals surface area contributed by atoms with Crippen LogP contribution < -0.4 is 4.74 Å². The van der Waals surface area contributed by atoms with Crippen LogP contribution in [0, 0.1) is 17.8 Å². The fourth-order valence-corrected chi connectivity index (χ4v) is 5.73. The number of cyclic esters (lactones) is 1. The molecule has 1 aliphatic heterocycles. The molecule has 8 atom stereocenters. The highest BCUT2D eigenvalue weighted by atomic mass is 35.5. The molecule has 0 spiro atoms. The molecule has 0 amide bonds. The third-order valence-electron chi connectivity index (χ3n) is 7.42. The molecule has 36 heavy (non-hydrogen) atoms. The molecule has 0 aromatic heterocycles. The van der Waals surface area contributed by atoms with Gasteiger partial charge >= 0.3 is 11.9 Å². The first kappa shape index (κ1) is 26.7. The first-order valence-corrected chi connectivity index (χ1v) is 13.2. The van der Waals surface area contributed by atoms with Crippen molar-refractivity contribution in [3.63, 3.8) is 0 Å². The number of ether oxygens (including phenoxy) is 3. The van der Waals surface area contributed by atoms with Crippen LogP contribution in [-0.2, 0) is 19.1 Å². The van der Waals surface area contributed by atoms with Crippen LogP contribution in [0.3, 0.4) is 0 Å². The Morgan fingerprint density at radius 3 is 2.64 bits per heavy atom. The van der Waals surface area contributed by atoms with E-state index in [2.05, 4.69) is 13.0 Å². The van der Waals surface area contributed by atoms with Crippen LogP contribution in [0.25, 0.3) is 0 Å². The molecule has 4 rings (SSSR count). The molecule has 1 unspecified atom stereocenters. The van der Waals surface area contributed by atoms with E-state index in [-0.39, 0.29) is 36.2 Å². The predicted molar refractivity (Wildman–Crippen MR) is 134 cm³/mol. The van der Waals surface area contributed by atoms with E-state index < -0.39 is 30.4 Å². The van der Waals surface area contributed by atoms with E-state index in [1.807, 2.05) is 19.1 Å². The number of carbonyl (C=O) groups is 2. The summed E-state index contributed by atoms with van der Waals surface area (Å²) in [5.41, 5.74) is 0.960. The molecule has 1 aromatic rings. The summed E-state index contributed by atoms with van der Waals surface area (Å²) in [4.78, 5) is 25.0. The Labute approximate surface area is 217 Å². The van der Waals surface area contributed by atoms with E-state index in [4.69, 9.17) is 25.8 Å². The van der Waals surface area contributed by atoms with E-state index in [0.29, 0.717) is 36.5 Å². The van der Waals surface area contributed by atoms with Crippen LogP contribution in [0.5, 0.6) is 5.75 Å². The zero-order chi connectivity index (χ0) is 25.8. The van der Waals surface area contributed by atoms with Crippen molar-refractivity contribution in [2.75, 3.05) is 0 Å². The third kappa shape index (κ3) is 6.50. The minimum Gasteiger partial charge on any atom is -0.479 e. The Hall–Kier alpha value is -2.35. The lowest BCUT2D eigenvalue weighted by molar-refractivity contribution is -0.165. The highest BCUT2D eigenvalue weighted by molar-refractivity contribution is 6.30. The maximum Gasteiger partial charge on any atom is 0.347 e. The molecule has 2 aliphatic carbocycles. The molecule has 2 N–H and O–H groups in total. The molecular formula is C28H35ClO7. The minimum atomic E-state index is -0.782. The molecule has 0 saturated carbocycles. The van der Waals surface area contributed by atoms with Crippen LogP contribution in [-0.4, -0.2) is 52.7 Å². The van der Waals surface area contributed by atoms with Crippen molar-refractivity contribution < 1.29 is 34.0 Å². The SMILES string of the molecule is CCC(Oc1ccc(Cl)cc1)C(=O)O[C@H]1C[C@H](O)C=C2C=C[C@H](C)[C@H](CC[C@@H]3C[C@@H](O)CC(=O)O3)[C@H]21. The maximum absolute atomic E-state index is 13.2. The number of halogens is 1. The highest BCUT2D eigenvalue weighted by Gasteiger charge is 2.43. The number of hydrogen-bond donors (Lipinski definition) is 2. The molecule has 0 bridgehead atoms. The van der Waals surface area contributed by atoms with Crippen molar-refractivity contribution in [3.8, 4) is 5.75 Å². The van der Waals surface area contributed by atoms with Gasteiger partial charge in [0.1, 0.15) is 18.0 Å². The van der Waals surface area contributed by atoms with E-state index in [0.717, 1.165) is 12.0 Å². The van der Waals surface area contributed by atoms with Crippen molar-refractivity contribution in [3.05, 3.63) is 53.1 Å². The summed E-state index contributed by atoms with van der Waals surface area (Å²) in [6.07, 6.45) is 5.57. The van der Waals surface area contributed by atoms with Gasteiger partial charge in [-0.15, -0.1) is 0 Å². The second-order valence-electron chi connectivity index (χ2n) is 10.1. The largest absolute Gasteiger partial charge is 0.479 e. The quantitative estimate of drug-likeness (QED) is 0.492. The van der Waals surface area contributed by atoms with E-state index >= 15 is 0 Å². The van der Waals surface area contributed by atoms with Gasteiger partial charge in [0.2, 0.25) is 0 Å². The fourth-order valence-electron chi connectivity index (χ4n) is 5.60. The van der Waals surface area contributed by atoms with Gasteiger partial charge < -0.3 is 24.4 Å². The zero-order valence-corrected chi connectivity index (χ0v) is 21.5. The molecule has 7 nitrogen and oxygen atoms in total. The molecule has 3 aliphatic rings. The summed E-state index contributed by atoms with van der Waals surface area (Å²) in [5.74, 6) is -0.0499. The summed E-state index contributed by atoms with van der Waals surface area (Å²) in [7, 11) is 0. The number of benzene rings is 1. The number of rotatable bonds is 8. The van der Waals surface area contributed by atoms with Crippen LogP contribution in [0.15, 0.2) is 48.1 Å². The summed E-state index contributed by atoms with van der Waals surface area (Å²) < 4.78 is 17.4. The van der Waals surface area contributed by atoms with Gasteiger partial charge in [-0.25, -0.2) is 4.79 Å². The minimum absolute atomic E-state index is 0.0428. The average molecular weight is 519 g/mol. The first-order chi connectivity index (χ1) is 17.2. The number of esters is 2. The Bertz CT molecular complexity index is 988. The van der Waals surface area contributed by atoms with Crippen LogP contribution in [0.2, 0.25) is 5.02 Å². The number of aliphatic hydroxyl groups is 2. The second-order valence-corrected chi connectivity index (χ2v) is 10.5. The van der Waals surface area contributed by atoms with Crippen molar-refractivity contribution in [2.24, 2.45) is 17.8 Å². The summed E-state index contributed by atoms with van der Waals surface area (Å²) >= 11 is 5.95. The Morgan fingerprint density at radius 2 is 1.94 bits per heavy atom. The molecule has 0 radical (unpaired) electrons. The van der Waals surface area contributed by atoms with Gasteiger partial charge in [0.15, 0.2) is 6.10 Å². The molecule has 8 heteroatoms. The number of fused-ring (bicyclic) bond motifs is 1. The predicted octanol–water partition coefficient (Wildman–Crippen LogP) is 4.39. The monoisotopic (exact) mass is 518 g/mol. The van der Waals surface area contributed by atoms with E-state index in [9.17, 15) is 19.8 Å². The lowest BCUT2D eigenvalue weighted by atomic mass is 9.66. The second kappa shape index (κ2) is 11.8. The number of carbonyl (C=O) groups excluding carboxylic acids is 2. The summed E-state index contributed by atoms with van der Waals surface area (Å²) in [6, 6.07) is 6.82. The Morgan fingerprint density at radius 1 is 1.19 bits per heavy atom. The first-order valence-electron chi connectivity index (χ1n) is 12.8. The highest BCUT2D eigenvalue weighted by Crippen LogP contribution is 2.44. The zero-order valence-electron chi connectivity index (χ0n) is 20.7. The smallest absolute Gasteiger partial charge is 0.347 e. The van der Waals surface area contributed by atoms with Crippen LogP contribution in [0.4, 0.5) is 0 Å². The van der Waals surface area contributed by atoms with E-state index in [1.165, 1.54) is 0 Å². The van der Waals surface area contributed by atoms with Gasteiger partial charge in [-0.3, -0.25) is 4.79 Å². The van der Waals surface area contributed by atoms with Gasteiger partial charge in [0.05, 0.1) is 18.6 Å². The molecule has 1 fully saturated rings. The van der Waals surface area contributed by atoms with Crippen LogP contribution in [0.1, 0.15) is 52.4 Å². The van der Waals surface area contributed by atoms with Crippen molar-refractivity contribution >= 4 is 23.5 Å². The maximum atomic E-state index is 13.2. The standard InChI is InChI=1S/C28H35ClO7/c1-3-24(34-21-8-6-18(29)7-9-21)28(33)36-25-14-19(30)12-17-5-4-16(2)23(27(17)25)11-10-22-13-20(31)15-26(32)35-22/h4-9,12,16,19-20,22-25,27,30-31H,3,10-11,13-15H2,1-2H3/t16-,19+,20+,22+,23-,24?,25-,27-/m0/s1.